The van der Waals surface area contributed by atoms with Gasteiger partial charge in [0.05, 0.1) is 0 Å². The van der Waals surface area contributed by atoms with Gasteiger partial charge in [-0.05, 0) is 0 Å². The Bertz CT molecular complexity index is 247. The van der Waals surface area contributed by atoms with Crippen LogP contribution in [0, 0.1) is 0 Å². The van der Waals surface area contributed by atoms with Crippen LogP contribution in [-0.4, -0.2) is 31.6 Å². The Morgan fingerprint density at radius 3 is 2.12 bits per heavy atom. The van der Waals surface area contributed by atoms with Crippen LogP contribution < -0.4 is 0 Å². The minimum atomic E-state index is -2.03. The fourth-order valence-corrected chi connectivity index (χ4v) is 10.2. The van der Waals surface area contributed by atoms with Gasteiger partial charge in [-0.1, -0.05) is 0 Å². The van der Waals surface area contributed by atoms with E-state index in [9.17, 15) is 0 Å². The zero-order valence-corrected chi connectivity index (χ0v) is 14.0. The standard InChI is InChI=1S/C14H28GeO2/c1-6-13(5)14(17-12-10-11-16)15(7-2,8-3)9-4/h6,16H,1,7-12H2,2-5H3/b14-13+. The Kier molecular flexibility index (Phi) is 8.70. The molecule has 0 bridgehead atoms. The van der Waals surface area contributed by atoms with Gasteiger partial charge in [0.2, 0.25) is 0 Å². The van der Waals surface area contributed by atoms with Crippen molar-refractivity contribution in [1.29, 1.82) is 0 Å². The molecule has 0 saturated carbocycles. The van der Waals surface area contributed by atoms with Crippen molar-refractivity contribution in [3.8, 4) is 0 Å². The van der Waals surface area contributed by atoms with E-state index in [0.717, 1.165) is 0 Å². The Hall–Kier alpha value is -0.217. The maximum atomic E-state index is 8.85. The number of aliphatic hydroxyl groups is 1. The Balaban J connectivity index is 5.08. The summed E-state index contributed by atoms with van der Waals surface area (Å²) < 4.78 is 7.26. The van der Waals surface area contributed by atoms with Crippen molar-refractivity contribution in [2.24, 2.45) is 0 Å². The van der Waals surface area contributed by atoms with E-state index >= 15 is 0 Å². The van der Waals surface area contributed by atoms with Crippen LogP contribution in [0.25, 0.3) is 0 Å². The summed E-state index contributed by atoms with van der Waals surface area (Å²) in [6.07, 6.45) is 2.62. The van der Waals surface area contributed by atoms with Gasteiger partial charge in [-0.2, -0.15) is 0 Å². The zero-order valence-electron chi connectivity index (χ0n) is 11.9. The van der Waals surface area contributed by atoms with Gasteiger partial charge in [-0.25, -0.2) is 0 Å². The second kappa shape index (κ2) is 8.81. The number of hydrogen-bond acceptors (Lipinski definition) is 2. The molecule has 2 nitrogen and oxygen atoms in total. The van der Waals surface area contributed by atoms with Gasteiger partial charge in [0.15, 0.2) is 0 Å². The predicted octanol–water partition coefficient (Wildman–Crippen LogP) is 3.89. The number of rotatable bonds is 9. The zero-order chi connectivity index (χ0) is 13.3. The third-order valence-electron chi connectivity index (χ3n) is 3.73. The first-order valence-corrected chi connectivity index (χ1v) is 12.2. The van der Waals surface area contributed by atoms with Crippen LogP contribution in [0.5, 0.6) is 0 Å². The molecule has 0 aromatic heterocycles. The Morgan fingerprint density at radius 1 is 1.24 bits per heavy atom. The molecule has 0 aliphatic carbocycles. The van der Waals surface area contributed by atoms with Crippen LogP contribution in [0.1, 0.15) is 34.1 Å². The quantitative estimate of drug-likeness (QED) is 0.303. The van der Waals surface area contributed by atoms with Crippen molar-refractivity contribution in [3.05, 3.63) is 22.8 Å². The molecule has 3 heteroatoms. The maximum absolute atomic E-state index is 8.85. The average molecular weight is 301 g/mol. The molecular formula is C14H28GeO2. The van der Waals surface area contributed by atoms with E-state index in [1.54, 1.807) is 0 Å². The van der Waals surface area contributed by atoms with E-state index in [1.807, 2.05) is 6.08 Å². The van der Waals surface area contributed by atoms with E-state index in [2.05, 4.69) is 34.3 Å². The fourth-order valence-electron chi connectivity index (χ4n) is 2.25. The van der Waals surface area contributed by atoms with Crippen molar-refractivity contribution in [1.82, 2.24) is 0 Å². The number of ether oxygens (including phenoxy) is 1. The van der Waals surface area contributed by atoms with Crippen LogP contribution in [-0.2, 0) is 4.74 Å². The predicted molar refractivity (Wildman–Crippen MR) is 77.7 cm³/mol. The van der Waals surface area contributed by atoms with Gasteiger partial charge < -0.3 is 0 Å². The van der Waals surface area contributed by atoms with Gasteiger partial charge in [0, 0.05) is 0 Å². The average Bonchev–Trinajstić information content (AvgIpc) is 2.38. The number of aliphatic hydroxyl groups excluding tert-OH is 1. The third kappa shape index (κ3) is 4.51. The molecule has 0 aliphatic rings. The summed E-state index contributed by atoms with van der Waals surface area (Å²) in [5.74, 6) is 0. The monoisotopic (exact) mass is 302 g/mol. The van der Waals surface area contributed by atoms with E-state index in [0.29, 0.717) is 13.0 Å². The molecule has 0 saturated heterocycles. The summed E-state index contributed by atoms with van der Waals surface area (Å²) in [5, 5.41) is 12.6. The van der Waals surface area contributed by atoms with Crippen molar-refractivity contribution >= 4 is 13.3 Å². The fraction of sp³-hybridized carbons (Fsp3) is 0.714. The van der Waals surface area contributed by atoms with E-state index < -0.39 is 13.3 Å². The summed E-state index contributed by atoms with van der Waals surface area (Å²) in [4.78, 5) is 0. The SMILES string of the molecule is C=C/C(C)=[C](/OCCCO)[Ge]([CH2]C)([CH2]C)[CH2]C. The molecule has 0 atom stereocenters. The molecule has 0 heterocycles. The summed E-state index contributed by atoms with van der Waals surface area (Å²) in [6.45, 7) is 13.7. The van der Waals surface area contributed by atoms with Crippen molar-refractivity contribution < 1.29 is 9.84 Å². The van der Waals surface area contributed by atoms with Gasteiger partial charge in [0.25, 0.3) is 0 Å². The van der Waals surface area contributed by atoms with Gasteiger partial charge >= 0.3 is 109 Å². The van der Waals surface area contributed by atoms with Crippen LogP contribution in [0.4, 0.5) is 0 Å². The molecule has 0 fully saturated rings. The van der Waals surface area contributed by atoms with Gasteiger partial charge in [0.1, 0.15) is 0 Å². The molecule has 1 N–H and O–H groups in total. The van der Waals surface area contributed by atoms with Gasteiger partial charge in [-0.15, -0.1) is 0 Å². The minimum absolute atomic E-state index is 0.199. The molecule has 0 amide bonds. The topological polar surface area (TPSA) is 29.5 Å². The van der Waals surface area contributed by atoms with Crippen LogP contribution >= 0.6 is 0 Å². The molecule has 0 rings (SSSR count). The molecule has 17 heavy (non-hydrogen) atoms. The Morgan fingerprint density at radius 2 is 1.76 bits per heavy atom. The molecule has 0 aromatic carbocycles. The van der Waals surface area contributed by atoms with Crippen LogP contribution in [0.15, 0.2) is 22.8 Å². The molecule has 0 unspecified atom stereocenters. The number of hydrogen-bond donors (Lipinski definition) is 1. The molecule has 100 valence electrons. The van der Waals surface area contributed by atoms with E-state index in [-0.39, 0.29) is 6.61 Å². The van der Waals surface area contributed by atoms with Crippen molar-refractivity contribution in [3.63, 3.8) is 0 Å². The Labute approximate surface area is 109 Å². The first-order valence-electron chi connectivity index (χ1n) is 6.69. The van der Waals surface area contributed by atoms with Crippen molar-refractivity contribution in [2.45, 2.75) is 49.9 Å². The van der Waals surface area contributed by atoms with Crippen molar-refractivity contribution in [2.75, 3.05) is 13.2 Å². The first-order chi connectivity index (χ1) is 8.11. The third-order valence-corrected chi connectivity index (χ3v) is 15.4. The molecule has 0 spiro atoms. The molecule has 0 aliphatic heterocycles. The van der Waals surface area contributed by atoms with E-state index in [4.69, 9.17) is 9.84 Å². The van der Waals surface area contributed by atoms with E-state index in [1.165, 1.54) is 25.9 Å². The second-order valence-electron chi connectivity index (χ2n) is 4.48. The summed E-state index contributed by atoms with van der Waals surface area (Å²) in [7, 11) is 0. The second-order valence-corrected chi connectivity index (χ2v) is 15.3. The summed E-state index contributed by atoms with van der Waals surface area (Å²) in [5.41, 5.74) is 1.20. The van der Waals surface area contributed by atoms with Crippen LogP contribution in [0.2, 0.25) is 15.8 Å². The molecule has 0 radical (unpaired) electrons. The van der Waals surface area contributed by atoms with Gasteiger partial charge in [-0.3, -0.25) is 0 Å². The normalized spacial score (nSPS) is 13.2. The summed E-state index contributed by atoms with van der Waals surface area (Å²) in [6, 6.07) is 0. The molecular weight excluding hydrogens is 273 g/mol. The van der Waals surface area contributed by atoms with Crippen LogP contribution in [0.3, 0.4) is 0 Å². The first kappa shape index (κ1) is 16.8. The summed E-state index contributed by atoms with van der Waals surface area (Å²) >= 11 is -2.03. The number of allylic oxidation sites excluding steroid dienone is 2. The molecule has 0 aromatic rings.